The van der Waals surface area contributed by atoms with Crippen molar-refractivity contribution in [2.45, 2.75) is 13.8 Å². The van der Waals surface area contributed by atoms with Crippen LogP contribution in [0.5, 0.6) is 5.75 Å². The highest BCUT2D eigenvalue weighted by atomic mass is 16.5. The Morgan fingerprint density at radius 2 is 1.84 bits per heavy atom. The van der Waals surface area contributed by atoms with Gasteiger partial charge in [-0.15, -0.1) is 0 Å². The Morgan fingerprint density at radius 3 is 2.37 bits per heavy atom. The Bertz CT molecular complexity index is 445. The lowest BCUT2D eigenvalue weighted by atomic mass is 10.1. The first-order chi connectivity index (χ1) is 9.11. The van der Waals surface area contributed by atoms with E-state index in [2.05, 4.69) is 10.6 Å². The van der Waals surface area contributed by atoms with Crippen LogP contribution in [0.4, 0.5) is 10.5 Å². The molecule has 0 unspecified atom stereocenters. The lowest BCUT2D eigenvalue weighted by Gasteiger charge is -2.27. The number of benzene rings is 1. The summed E-state index contributed by atoms with van der Waals surface area (Å²) in [6.45, 7) is 7.17. The number of aryl methyl sites for hydroxylation is 2. The summed E-state index contributed by atoms with van der Waals surface area (Å²) in [5, 5.41) is 6.18. The SMILES string of the molecule is COc1c(C)cc(NC(=O)N2CCNCC2)cc1C. The second-order valence-corrected chi connectivity index (χ2v) is 4.81. The summed E-state index contributed by atoms with van der Waals surface area (Å²) in [5.74, 6) is 0.875. The maximum absolute atomic E-state index is 12.1. The molecule has 0 aromatic heterocycles. The van der Waals surface area contributed by atoms with Crippen LogP contribution in [0.25, 0.3) is 0 Å². The van der Waals surface area contributed by atoms with Gasteiger partial charge >= 0.3 is 6.03 Å². The molecule has 1 aliphatic heterocycles. The largest absolute Gasteiger partial charge is 0.496 e. The number of rotatable bonds is 2. The second kappa shape index (κ2) is 5.93. The van der Waals surface area contributed by atoms with E-state index in [1.807, 2.05) is 30.9 Å². The third kappa shape index (κ3) is 3.17. The Balaban J connectivity index is 2.08. The Kier molecular flexibility index (Phi) is 4.27. The lowest BCUT2D eigenvalue weighted by Crippen LogP contribution is -2.48. The third-order valence-corrected chi connectivity index (χ3v) is 3.32. The number of carbonyl (C=O) groups excluding carboxylic acids is 1. The molecule has 0 saturated carbocycles. The highest BCUT2D eigenvalue weighted by molar-refractivity contribution is 5.89. The standard InChI is InChI=1S/C14H21N3O2/c1-10-8-12(9-11(2)13(10)19-3)16-14(18)17-6-4-15-5-7-17/h8-9,15H,4-7H2,1-3H3,(H,16,18). The number of hydrogen-bond donors (Lipinski definition) is 2. The van der Waals surface area contributed by atoms with Gasteiger partial charge in [0.2, 0.25) is 0 Å². The summed E-state index contributed by atoms with van der Waals surface area (Å²) in [7, 11) is 1.66. The highest BCUT2D eigenvalue weighted by Crippen LogP contribution is 2.26. The topological polar surface area (TPSA) is 53.6 Å². The van der Waals surface area contributed by atoms with E-state index in [9.17, 15) is 4.79 Å². The first-order valence-electron chi connectivity index (χ1n) is 6.53. The van der Waals surface area contributed by atoms with Gasteiger partial charge in [-0.3, -0.25) is 0 Å². The zero-order valence-corrected chi connectivity index (χ0v) is 11.7. The van der Waals surface area contributed by atoms with Crippen LogP contribution in [0.15, 0.2) is 12.1 Å². The second-order valence-electron chi connectivity index (χ2n) is 4.81. The molecular weight excluding hydrogens is 242 g/mol. The van der Waals surface area contributed by atoms with Gasteiger partial charge in [0.05, 0.1) is 7.11 Å². The van der Waals surface area contributed by atoms with Crippen LogP contribution in [0.2, 0.25) is 0 Å². The van der Waals surface area contributed by atoms with Gasteiger partial charge in [0.1, 0.15) is 5.75 Å². The van der Waals surface area contributed by atoms with Gasteiger partial charge in [0, 0.05) is 31.9 Å². The molecule has 19 heavy (non-hydrogen) atoms. The lowest BCUT2D eigenvalue weighted by molar-refractivity contribution is 0.204. The molecule has 5 heteroatoms. The number of nitrogens with zero attached hydrogens (tertiary/aromatic N) is 1. The molecule has 1 aromatic rings. The molecule has 0 atom stereocenters. The van der Waals surface area contributed by atoms with Gasteiger partial charge in [-0.25, -0.2) is 4.79 Å². The van der Waals surface area contributed by atoms with Crippen LogP contribution in [0, 0.1) is 13.8 Å². The Labute approximate surface area is 113 Å². The quantitative estimate of drug-likeness (QED) is 0.854. The summed E-state index contributed by atoms with van der Waals surface area (Å²) in [4.78, 5) is 13.9. The smallest absolute Gasteiger partial charge is 0.321 e. The average molecular weight is 263 g/mol. The molecule has 2 amide bonds. The van der Waals surface area contributed by atoms with Gasteiger partial charge in [-0.2, -0.15) is 0 Å². The van der Waals surface area contributed by atoms with Gasteiger partial charge in [0.25, 0.3) is 0 Å². The van der Waals surface area contributed by atoms with Crippen LogP contribution in [-0.4, -0.2) is 44.2 Å². The number of piperazine rings is 1. The third-order valence-electron chi connectivity index (χ3n) is 3.32. The molecule has 104 valence electrons. The first-order valence-corrected chi connectivity index (χ1v) is 6.53. The predicted octanol–water partition coefficient (Wildman–Crippen LogP) is 1.75. The monoisotopic (exact) mass is 263 g/mol. The number of hydrogen-bond acceptors (Lipinski definition) is 3. The minimum Gasteiger partial charge on any atom is -0.496 e. The van der Waals surface area contributed by atoms with Crippen molar-refractivity contribution in [3.8, 4) is 5.75 Å². The maximum Gasteiger partial charge on any atom is 0.321 e. The summed E-state index contributed by atoms with van der Waals surface area (Å²) in [6.07, 6.45) is 0. The molecule has 0 aliphatic carbocycles. The van der Waals surface area contributed by atoms with Gasteiger partial charge < -0.3 is 20.3 Å². The minimum atomic E-state index is -0.0366. The Hall–Kier alpha value is -1.75. The molecule has 1 saturated heterocycles. The van der Waals surface area contributed by atoms with Crippen LogP contribution >= 0.6 is 0 Å². The van der Waals surface area contributed by atoms with Crippen molar-refractivity contribution in [1.82, 2.24) is 10.2 Å². The number of amides is 2. The number of anilines is 1. The van der Waals surface area contributed by atoms with E-state index in [4.69, 9.17) is 4.74 Å². The van der Waals surface area contributed by atoms with Crippen LogP contribution in [-0.2, 0) is 0 Å². The molecule has 2 N–H and O–H groups in total. The number of methoxy groups -OCH3 is 1. The fourth-order valence-electron chi connectivity index (χ4n) is 2.41. The van der Waals surface area contributed by atoms with Gasteiger partial charge in [0.15, 0.2) is 0 Å². The molecule has 2 rings (SSSR count). The Morgan fingerprint density at radius 1 is 1.26 bits per heavy atom. The zero-order valence-electron chi connectivity index (χ0n) is 11.7. The number of urea groups is 1. The molecule has 1 heterocycles. The van der Waals surface area contributed by atoms with Crippen molar-refractivity contribution < 1.29 is 9.53 Å². The van der Waals surface area contributed by atoms with E-state index < -0.39 is 0 Å². The fourth-order valence-corrected chi connectivity index (χ4v) is 2.41. The van der Waals surface area contributed by atoms with Crippen molar-refractivity contribution >= 4 is 11.7 Å². The number of carbonyl (C=O) groups is 1. The summed E-state index contributed by atoms with van der Waals surface area (Å²) >= 11 is 0. The van der Waals surface area contributed by atoms with Crippen molar-refractivity contribution in [3.63, 3.8) is 0 Å². The van der Waals surface area contributed by atoms with E-state index in [0.29, 0.717) is 0 Å². The van der Waals surface area contributed by atoms with Gasteiger partial charge in [-0.1, -0.05) is 0 Å². The molecule has 1 aliphatic rings. The summed E-state index contributed by atoms with van der Waals surface area (Å²) in [5.41, 5.74) is 2.87. The van der Waals surface area contributed by atoms with Crippen molar-refractivity contribution in [2.24, 2.45) is 0 Å². The first kappa shape index (κ1) is 13.7. The van der Waals surface area contributed by atoms with E-state index in [-0.39, 0.29) is 6.03 Å². The summed E-state index contributed by atoms with van der Waals surface area (Å²) < 4.78 is 5.32. The van der Waals surface area contributed by atoms with E-state index in [1.165, 1.54) is 0 Å². The van der Waals surface area contributed by atoms with Crippen molar-refractivity contribution in [1.29, 1.82) is 0 Å². The molecule has 5 nitrogen and oxygen atoms in total. The highest BCUT2D eigenvalue weighted by Gasteiger charge is 2.16. The van der Waals surface area contributed by atoms with E-state index in [1.54, 1.807) is 7.11 Å². The molecule has 0 radical (unpaired) electrons. The van der Waals surface area contributed by atoms with Gasteiger partial charge in [-0.05, 0) is 37.1 Å². The predicted molar refractivity (Wildman–Crippen MR) is 75.9 cm³/mol. The van der Waals surface area contributed by atoms with Crippen molar-refractivity contribution in [3.05, 3.63) is 23.3 Å². The summed E-state index contributed by atoms with van der Waals surface area (Å²) in [6, 6.07) is 3.84. The normalized spacial score (nSPS) is 15.2. The molecule has 1 aromatic carbocycles. The fraction of sp³-hybridized carbons (Fsp3) is 0.500. The zero-order chi connectivity index (χ0) is 13.8. The molecule has 1 fully saturated rings. The van der Waals surface area contributed by atoms with Crippen LogP contribution < -0.4 is 15.4 Å². The molecular formula is C14H21N3O2. The van der Waals surface area contributed by atoms with E-state index >= 15 is 0 Å². The van der Waals surface area contributed by atoms with Crippen molar-refractivity contribution in [2.75, 3.05) is 38.6 Å². The number of ether oxygens (including phenoxy) is 1. The average Bonchev–Trinajstić information content (AvgIpc) is 2.39. The maximum atomic E-state index is 12.1. The van der Waals surface area contributed by atoms with Crippen LogP contribution in [0.1, 0.15) is 11.1 Å². The minimum absolute atomic E-state index is 0.0366. The number of nitrogens with one attached hydrogen (secondary N) is 2. The van der Waals surface area contributed by atoms with E-state index in [0.717, 1.165) is 48.7 Å². The molecule has 0 spiro atoms. The van der Waals surface area contributed by atoms with Crippen LogP contribution in [0.3, 0.4) is 0 Å². The molecule has 0 bridgehead atoms.